The highest BCUT2D eigenvalue weighted by atomic mass is 31.3. The van der Waals surface area contributed by atoms with Gasteiger partial charge in [0.25, 0.3) is 26.9 Å². The van der Waals surface area contributed by atoms with E-state index < -0.39 is 76.9 Å². The Labute approximate surface area is 238 Å². The summed E-state index contributed by atoms with van der Waals surface area (Å²) >= 11 is 0. The van der Waals surface area contributed by atoms with Gasteiger partial charge in [-0.05, 0) is 13.0 Å². The number of aromatic amines is 1. The molecule has 43 heavy (non-hydrogen) atoms. The van der Waals surface area contributed by atoms with Crippen LogP contribution in [-0.4, -0.2) is 64.5 Å². The van der Waals surface area contributed by atoms with Gasteiger partial charge >= 0.3 is 7.82 Å². The van der Waals surface area contributed by atoms with Crippen LogP contribution in [0.3, 0.4) is 0 Å². The molecule has 1 fully saturated rings. The van der Waals surface area contributed by atoms with Gasteiger partial charge in [0.2, 0.25) is 5.95 Å². The summed E-state index contributed by atoms with van der Waals surface area (Å²) in [6.07, 6.45) is -7.33. The summed E-state index contributed by atoms with van der Waals surface area (Å²) in [7, 11) is -17.8. The Balaban J connectivity index is 1.39. The van der Waals surface area contributed by atoms with Gasteiger partial charge in [0.05, 0.1) is 29.5 Å². The number of aliphatic hydroxyl groups is 2. The monoisotopic (exact) mass is 670 g/mol. The zero-order valence-electron chi connectivity index (χ0n) is 21.3. The van der Waals surface area contributed by atoms with Gasteiger partial charge in [-0.25, -0.2) is 18.2 Å². The number of phosphoric acid groups is 3. The standard InChI is InChI=1S/C18H23N6O16P3/c1-8(9-4-2-3-5-10(9)24(28)29)38-42(32,33)40-43(34,35)39-41(30,31)36-6-11-13(25)14(26)17(37-11)23-7-20-12-15(23)21-18(19)22-16(12)27/h2-5,7-8,11,13-14,17,25-26H,6H2,1H3,(H,30,31)(H,32,33)(H,34,35)(H3,19,21,22,27)/p-2. The number of ether oxygens (including phenoxy) is 1. The molecule has 1 aliphatic rings. The molecule has 0 aliphatic carbocycles. The quantitative estimate of drug-likeness (QED) is 0.0884. The average molecular weight is 670 g/mol. The highest BCUT2D eigenvalue weighted by Crippen LogP contribution is 2.65. The number of aromatic nitrogens is 4. The molecule has 1 aliphatic heterocycles. The smallest absolute Gasteiger partial charge is 0.479 e. The first-order valence-corrected chi connectivity index (χ1v) is 16.0. The number of nitro benzene ring substituents is 1. The van der Waals surface area contributed by atoms with E-state index in [1.807, 2.05) is 0 Å². The second-order valence-corrected chi connectivity index (χ2v) is 13.2. The number of nitrogens with zero attached hydrogens (tertiary/aromatic N) is 4. The summed E-state index contributed by atoms with van der Waals surface area (Å²) in [5.41, 5.74) is 3.64. The zero-order chi connectivity index (χ0) is 31.9. The summed E-state index contributed by atoms with van der Waals surface area (Å²) in [5.74, 6) is -0.311. The third-order valence-corrected chi connectivity index (χ3v) is 10.00. The molecule has 0 spiro atoms. The van der Waals surface area contributed by atoms with E-state index in [1.165, 1.54) is 12.1 Å². The first kappa shape index (κ1) is 33.0. The molecule has 3 aromatic rings. The lowest BCUT2D eigenvalue weighted by molar-refractivity contribution is -0.386. The zero-order valence-corrected chi connectivity index (χ0v) is 24.0. The normalized spacial score (nSPS) is 25.5. The van der Waals surface area contributed by atoms with Gasteiger partial charge in [-0.15, -0.1) is 0 Å². The fraction of sp³-hybridized carbons (Fsp3) is 0.389. The molecule has 0 radical (unpaired) electrons. The predicted octanol–water partition coefficient (Wildman–Crippen LogP) is -0.906. The van der Waals surface area contributed by atoms with Crippen molar-refractivity contribution in [2.45, 2.75) is 37.6 Å². The fourth-order valence-corrected chi connectivity index (χ4v) is 7.51. The number of para-hydroxylation sites is 1. The summed E-state index contributed by atoms with van der Waals surface area (Å²) in [6, 6.07) is 4.82. The lowest BCUT2D eigenvalue weighted by Crippen LogP contribution is -2.34. The number of rotatable bonds is 12. The highest BCUT2D eigenvalue weighted by molar-refractivity contribution is 7.65. The number of hydrogen-bond donors (Lipinski definition) is 5. The first-order valence-electron chi connectivity index (χ1n) is 11.6. The van der Waals surface area contributed by atoms with Crippen molar-refractivity contribution in [3.8, 4) is 0 Å². The largest absolute Gasteiger partial charge is 0.756 e. The number of anilines is 1. The molecule has 1 aromatic carbocycles. The number of imidazole rings is 1. The van der Waals surface area contributed by atoms with Crippen LogP contribution in [0.4, 0.5) is 11.6 Å². The lowest BCUT2D eigenvalue weighted by Gasteiger charge is -2.32. The molecule has 4 rings (SSSR count). The first-order chi connectivity index (χ1) is 19.9. The molecule has 0 bridgehead atoms. The molecular formula is C18H21N6O16P3-2. The molecule has 6 N–H and O–H groups in total. The number of phosphoric ester groups is 2. The van der Waals surface area contributed by atoms with Crippen molar-refractivity contribution < 1.29 is 65.9 Å². The molecule has 3 heterocycles. The number of benzene rings is 1. The molecule has 8 atom stereocenters. The molecule has 236 valence electrons. The molecule has 8 unspecified atom stereocenters. The minimum atomic E-state index is -6.23. The van der Waals surface area contributed by atoms with Crippen LogP contribution >= 0.6 is 23.5 Å². The Bertz CT molecular complexity index is 1730. The molecule has 22 nitrogen and oxygen atoms in total. The maximum Gasteiger partial charge on any atom is 0.479 e. The Hall–Kier alpha value is -2.94. The van der Waals surface area contributed by atoms with Crippen molar-refractivity contribution in [1.29, 1.82) is 0 Å². The summed E-state index contributed by atoms with van der Waals surface area (Å²) < 4.78 is 59.5. The van der Waals surface area contributed by atoms with Crippen molar-refractivity contribution in [1.82, 2.24) is 19.5 Å². The van der Waals surface area contributed by atoms with E-state index in [4.69, 9.17) is 10.5 Å². The van der Waals surface area contributed by atoms with Gasteiger partial charge in [-0.1, -0.05) is 12.1 Å². The molecular weight excluding hydrogens is 649 g/mol. The van der Waals surface area contributed by atoms with E-state index in [0.29, 0.717) is 0 Å². The fourth-order valence-electron chi connectivity index (χ4n) is 3.95. The van der Waals surface area contributed by atoms with Crippen LogP contribution in [0.2, 0.25) is 0 Å². The van der Waals surface area contributed by atoms with Crippen LogP contribution in [0.5, 0.6) is 0 Å². The van der Waals surface area contributed by atoms with Crippen LogP contribution in [0.25, 0.3) is 11.2 Å². The molecule has 2 aromatic heterocycles. The number of fused-ring (bicyclic) bond motifs is 1. The van der Waals surface area contributed by atoms with E-state index >= 15 is 0 Å². The van der Waals surface area contributed by atoms with E-state index in [1.54, 1.807) is 0 Å². The second kappa shape index (κ2) is 12.2. The number of aliphatic hydroxyl groups excluding tert-OH is 2. The van der Waals surface area contributed by atoms with Crippen LogP contribution in [0.15, 0.2) is 35.4 Å². The van der Waals surface area contributed by atoms with Gasteiger partial charge in [0.15, 0.2) is 17.4 Å². The minimum Gasteiger partial charge on any atom is -0.756 e. The predicted molar refractivity (Wildman–Crippen MR) is 134 cm³/mol. The van der Waals surface area contributed by atoms with E-state index in [0.717, 1.165) is 30.0 Å². The molecule has 0 amide bonds. The summed E-state index contributed by atoms with van der Waals surface area (Å²) in [5, 5.41) is 31.9. The third-order valence-electron chi connectivity index (χ3n) is 5.72. The van der Waals surface area contributed by atoms with Gasteiger partial charge in [0, 0.05) is 6.07 Å². The topological polar surface area (TPSA) is 337 Å². The maximum absolute atomic E-state index is 12.2. The van der Waals surface area contributed by atoms with Gasteiger partial charge in [-0.3, -0.25) is 38.1 Å². The number of nitrogen functional groups attached to an aromatic ring is 1. The number of hydrogen-bond acceptors (Lipinski definition) is 18. The maximum atomic E-state index is 12.2. The van der Waals surface area contributed by atoms with Crippen LogP contribution < -0.4 is 21.1 Å². The summed E-state index contributed by atoms with van der Waals surface area (Å²) in [4.78, 5) is 66.3. The highest BCUT2D eigenvalue weighted by Gasteiger charge is 2.45. The van der Waals surface area contributed by atoms with Gasteiger partial charge in [-0.2, -0.15) is 4.98 Å². The van der Waals surface area contributed by atoms with Crippen LogP contribution in [-0.2, 0) is 36.1 Å². The SMILES string of the molecule is CC(OP(=O)(O)OP(=O)([O-])OP(=O)([O-])OCC1OC(n2cnc3c(=O)[nH]c(N)nc32)C(O)C1O)c1ccccc1[N+](=O)[O-]. The second-order valence-electron chi connectivity index (χ2n) is 8.71. The number of nitrogens with two attached hydrogens (primary N) is 1. The third kappa shape index (κ3) is 7.59. The van der Waals surface area contributed by atoms with Crippen molar-refractivity contribution in [2.24, 2.45) is 0 Å². The Morgan fingerprint density at radius 2 is 1.86 bits per heavy atom. The van der Waals surface area contributed by atoms with Crippen molar-refractivity contribution in [3.05, 3.63) is 56.6 Å². The van der Waals surface area contributed by atoms with E-state index in [2.05, 4.69) is 32.6 Å². The number of nitrogens with one attached hydrogen (secondary N) is 1. The molecule has 1 saturated heterocycles. The Morgan fingerprint density at radius 1 is 1.19 bits per heavy atom. The van der Waals surface area contributed by atoms with Gasteiger partial charge < -0.3 is 39.9 Å². The van der Waals surface area contributed by atoms with Crippen molar-refractivity contribution in [2.75, 3.05) is 12.3 Å². The molecule has 25 heteroatoms. The van der Waals surface area contributed by atoms with E-state index in [9.17, 15) is 53.5 Å². The molecule has 0 saturated carbocycles. The van der Waals surface area contributed by atoms with Crippen LogP contribution in [0.1, 0.15) is 24.8 Å². The van der Waals surface area contributed by atoms with E-state index in [-0.39, 0.29) is 22.7 Å². The van der Waals surface area contributed by atoms with Crippen LogP contribution in [0, 0.1) is 10.1 Å². The Morgan fingerprint density at radius 3 is 2.53 bits per heavy atom. The van der Waals surface area contributed by atoms with Crippen molar-refractivity contribution in [3.63, 3.8) is 0 Å². The minimum absolute atomic E-state index is 0.159. The number of H-pyrrole nitrogens is 1. The summed E-state index contributed by atoms with van der Waals surface area (Å²) in [6.45, 7) is -0.0999. The average Bonchev–Trinajstić information content (AvgIpc) is 3.41. The van der Waals surface area contributed by atoms with Gasteiger partial charge in [0.1, 0.15) is 18.3 Å². The lowest BCUT2D eigenvalue weighted by atomic mass is 10.1. The van der Waals surface area contributed by atoms with Crippen molar-refractivity contribution >= 4 is 46.3 Å². The number of nitro groups is 1. The Kier molecular flexibility index (Phi) is 9.36.